The quantitative estimate of drug-likeness (QED) is 0.790. The largest absolute Gasteiger partial charge is 0.345 e. The average Bonchev–Trinajstić information content (AvgIpc) is 2.94. The van der Waals surface area contributed by atoms with E-state index in [-0.39, 0.29) is 6.29 Å². The molecule has 2 aromatic heterocycles. The first-order valence-electron chi connectivity index (χ1n) is 5.54. The van der Waals surface area contributed by atoms with Crippen LogP contribution in [0.5, 0.6) is 0 Å². The Kier molecular flexibility index (Phi) is 2.81. The zero-order chi connectivity index (χ0) is 11.5. The molecule has 1 aliphatic rings. The Balaban J connectivity index is 1.85. The molecule has 0 spiro atoms. The molecule has 0 aliphatic carbocycles. The first kappa shape index (κ1) is 10.4. The molecule has 0 N–H and O–H groups in total. The first-order valence-corrected chi connectivity index (χ1v) is 5.54. The molecule has 1 aliphatic heterocycles. The van der Waals surface area contributed by atoms with Gasteiger partial charge in [-0.05, 0) is 24.3 Å². The lowest BCUT2D eigenvalue weighted by Gasteiger charge is -2.08. The Morgan fingerprint density at radius 2 is 1.88 bits per heavy atom. The van der Waals surface area contributed by atoms with Gasteiger partial charge < -0.3 is 9.47 Å². The van der Waals surface area contributed by atoms with E-state index >= 15 is 0 Å². The third-order valence-corrected chi connectivity index (χ3v) is 2.61. The monoisotopic (exact) mass is 228 g/mol. The van der Waals surface area contributed by atoms with E-state index in [2.05, 4.69) is 9.97 Å². The molecular formula is C13H12N2O2. The summed E-state index contributed by atoms with van der Waals surface area (Å²) in [6.45, 7) is 1.27. The highest BCUT2D eigenvalue weighted by molar-refractivity contribution is 5.57. The van der Waals surface area contributed by atoms with E-state index in [1.165, 1.54) is 0 Å². The summed E-state index contributed by atoms with van der Waals surface area (Å²) in [4.78, 5) is 8.62. The van der Waals surface area contributed by atoms with Crippen LogP contribution in [0.25, 0.3) is 11.3 Å². The van der Waals surface area contributed by atoms with Gasteiger partial charge in [0, 0.05) is 18.0 Å². The number of ether oxygens (including phenoxy) is 2. The third kappa shape index (κ3) is 2.18. The van der Waals surface area contributed by atoms with E-state index in [0.29, 0.717) is 13.2 Å². The smallest absolute Gasteiger partial charge is 0.201 e. The second kappa shape index (κ2) is 4.61. The summed E-state index contributed by atoms with van der Waals surface area (Å²) in [5.41, 5.74) is 2.72. The zero-order valence-electron chi connectivity index (χ0n) is 9.24. The van der Waals surface area contributed by atoms with Crippen molar-refractivity contribution >= 4 is 0 Å². The minimum Gasteiger partial charge on any atom is -0.345 e. The lowest BCUT2D eigenvalue weighted by atomic mass is 10.2. The summed E-state index contributed by atoms with van der Waals surface area (Å²) in [6.07, 6.45) is 3.25. The van der Waals surface area contributed by atoms with Gasteiger partial charge in [-0.3, -0.25) is 9.97 Å². The van der Waals surface area contributed by atoms with Gasteiger partial charge in [0.1, 0.15) is 0 Å². The van der Waals surface area contributed by atoms with Crippen molar-refractivity contribution in [3.63, 3.8) is 0 Å². The number of hydrogen-bond acceptors (Lipinski definition) is 4. The van der Waals surface area contributed by atoms with Gasteiger partial charge in [-0.25, -0.2) is 0 Å². The summed E-state index contributed by atoms with van der Waals surface area (Å²) in [6, 6.07) is 9.71. The van der Waals surface area contributed by atoms with E-state index in [1.807, 2.05) is 30.3 Å². The minimum absolute atomic E-state index is 0.312. The molecule has 4 nitrogen and oxygen atoms in total. The van der Waals surface area contributed by atoms with Crippen LogP contribution in [0, 0.1) is 0 Å². The lowest BCUT2D eigenvalue weighted by molar-refractivity contribution is -0.0472. The predicted molar refractivity (Wildman–Crippen MR) is 62.1 cm³/mol. The molecule has 0 bridgehead atoms. The fourth-order valence-corrected chi connectivity index (χ4v) is 1.76. The SMILES string of the molecule is c1ccc(-c2ccc(C3OCCO3)nc2)nc1. The van der Waals surface area contributed by atoms with Crippen LogP contribution in [0.15, 0.2) is 42.7 Å². The molecule has 4 heteroatoms. The maximum absolute atomic E-state index is 5.38. The van der Waals surface area contributed by atoms with Crippen molar-refractivity contribution in [2.24, 2.45) is 0 Å². The molecule has 0 radical (unpaired) electrons. The summed E-state index contributed by atoms with van der Waals surface area (Å²) >= 11 is 0. The summed E-state index contributed by atoms with van der Waals surface area (Å²) in [5, 5.41) is 0. The molecule has 0 amide bonds. The number of pyridine rings is 2. The van der Waals surface area contributed by atoms with Crippen molar-refractivity contribution in [1.82, 2.24) is 9.97 Å². The van der Waals surface area contributed by atoms with Crippen LogP contribution in [-0.4, -0.2) is 23.2 Å². The van der Waals surface area contributed by atoms with E-state index in [1.54, 1.807) is 12.4 Å². The Labute approximate surface area is 99.2 Å². The van der Waals surface area contributed by atoms with E-state index in [9.17, 15) is 0 Å². The lowest BCUT2D eigenvalue weighted by Crippen LogP contribution is -2.00. The minimum atomic E-state index is -0.312. The highest BCUT2D eigenvalue weighted by atomic mass is 16.7. The topological polar surface area (TPSA) is 44.2 Å². The molecule has 86 valence electrons. The molecular weight excluding hydrogens is 216 g/mol. The van der Waals surface area contributed by atoms with Crippen LogP contribution in [0.4, 0.5) is 0 Å². The Bertz CT molecular complexity index is 479. The maximum atomic E-state index is 5.38. The molecule has 2 aromatic rings. The van der Waals surface area contributed by atoms with Crippen LogP contribution in [-0.2, 0) is 9.47 Å². The fraction of sp³-hybridized carbons (Fsp3) is 0.231. The van der Waals surface area contributed by atoms with Crippen LogP contribution >= 0.6 is 0 Å². The van der Waals surface area contributed by atoms with Crippen LogP contribution < -0.4 is 0 Å². The molecule has 1 fully saturated rings. The highest BCUT2D eigenvalue weighted by Gasteiger charge is 2.19. The Hall–Kier alpha value is -1.78. The van der Waals surface area contributed by atoms with Gasteiger partial charge in [0.2, 0.25) is 6.29 Å². The first-order chi connectivity index (χ1) is 8.43. The standard InChI is InChI=1S/C13H12N2O2/c1-2-6-14-11(3-1)10-4-5-12(15-9-10)13-16-7-8-17-13/h1-6,9,13H,7-8H2. The van der Waals surface area contributed by atoms with Gasteiger partial charge >= 0.3 is 0 Å². The maximum Gasteiger partial charge on any atom is 0.201 e. The number of nitrogens with zero attached hydrogens (tertiary/aromatic N) is 2. The normalized spacial score (nSPS) is 16.2. The molecule has 0 aromatic carbocycles. The molecule has 0 saturated carbocycles. The summed E-state index contributed by atoms with van der Waals surface area (Å²) in [5.74, 6) is 0. The summed E-state index contributed by atoms with van der Waals surface area (Å²) < 4.78 is 10.8. The predicted octanol–water partition coefficient (Wildman–Crippen LogP) is 2.19. The average molecular weight is 228 g/mol. The van der Waals surface area contributed by atoms with Crippen molar-refractivity contribution in [3.05, 3.63) is 48.4 Å². The van der Waals surface area contributed by atoms with Crippen molar-refractivity contribution in [1.29, 1.82) is 0 Å². The van der Waals surface area contributed by atoms with E-state index < -0.39 is 0 Å². The second-order valence-electron chi connectivity index (χ2n) is 3.76. The van der Waals surface area contributed by atoms with Gasteiger partial charge in [0.15, 0.2) is 0 Å². The summed E-state index contributed by atoms with van der Waals surface area (Å²) in [7, 11) is 0. The fourth-order valence-electron chi connectivity index (χ4n) is 1.76. The van der Waals surface area contributed by atoms with E-state index in [0.717, 1.165) is 17.0 Å². The second-order valence-corrected chi connectivity index (χ2v) is 3.76. The number of rotatable bonds is 2. The van der Waals surface area contributed by atoms with Gasteiger partial charge in [-0.1, -0.05) is 6.07 Å². The molecule has 3 heterocycles. The van der Waals surface area contributed by atoms with Crippen molar-refractivity contribution in [3.8, 4) is 11.3 Å². The van der Waals surface area contributed by atoms with Gasteiger partial charge in [-0.2, -0.15) is 0 Å². The zero-order valence-corrected chi connectivity index (χ0v) is 9.24. The molecule has 1 saturated heterocycles. The molecule has 3 rings (SSSR count). The molecule has 0 unspecified atom stereocenters. The van der Waals surface area contributed by atoms with Crippen molar-refractivity contribution in [2.75, 3.05) is 13.2 Å². The molecule has 0 atom stereocenters. The van der Waals surface area contributed by atoms with Crippen LogP contribution in [0.1, 0.15) is 12.0 Å². The van der Waals surface area contributed by atoms with Crippen LogP contribution in [0.3, 0.4) is 0 Å². The molecule has 17 heavy (non-hydrogen) atoms. The van der Waals surface area contributed by atoms with Gasteiger partial charge in [0.25, 0.3) is 0 Å². The third-order valence-electron chi connectivity index (χ3n) is 2.61. The Morgan fingerprint density at radius 1 is 1.00 bits per heavy atom. The Morgan fingerprint density at radius 3 is 2.53 bits per heavy atom. The highest BCUT2D eigenvalue weighted by Crippen LogP contribution is 2.23. The number of hydrogen-bond donors (Lipinski definition) is 0. The van der Waals surface area contributed by atoms with E-state index in [4.69, 9.17) is 9.47 Å². The number of aromatic nitrogens is 2. The van der Waals surface area contributed by atoms with Crippen molar-refractivity contribution in [2.45, 2.75) is 6.29 Å². The van der Waals surface area contributed by atoms with Gasteiger partial charge in [-0.15, -0.1) is 0 Å². The van der Waals surface area contributed by atoms with Crippen molar-refractivity contribution < 1.29 is 9.47 Å². The van der Waals surface area contributed by atoms with Crippen LogP contribution in [0.2, 0.25) is 0 Å². The van der Waals surface area contributed by atoms with Gasteiger partial charge in [0.05, 0.1) is 24.6 Å².